The maximum Gasteiger partial charge on any atom is 0.241 e. The Kier molecular flexibility index (Phi) is 2.64. The van der Waals surface area contributed by atoms with Crippen molar-refractivity contribution in [1.29, 1.82) is 0 Å². The van der Waals surface area contributed by atoms with E-state index in [9.17, 15) is 4.79 Å². The molecule has 0 aliphatic heterocycles. The molecule has 0 saturated carbocycles. The van der Waals surface area contributed by atoms with Crippen LogP contribution in [0, 0.1) is 0 Å². The van der Waals surface area contributed by atoms with Gasteiger partial charge in [0.25, 0.3) is 0 Å². The van der Waals surface area contributed by atoms with Crippen molar-refractivity contribution in [3.8, 4) is 5.75 Å². The van der Waals surface area contributed by atoms with Gasteiger partial charge in [-0.2, -0.15) is 0 Å². The summed E-state index contributed by atoms with van der Waals surface area (Å²) in [6.45, 7) is 0. The zero-order chi connectivity index (χ0) is 12.5. The molecule has 90 valence electrons. The summed E-state index contributed by atoms with van der Waals surface area (Å²) in [7, 11) is 1.55. The van der Waals surface area contributed by atoms with Gasteiger partial charge in [0.05, 0.1) is 7.11 Å². The molecule has 3 rings (SSSR count). The maximum atomic E-state index is 12.3. The molecule has 2 aromatic heterocycles. The van der Waals surface area contributed by atoms with Crippen molar-refractivity contribution >= 4 is 28.1 Å². The highest BCUT2D eigenvalue weighted by Gasteiger charge is 2.19. The third-order valence-electron chi connectivity index (χ3n) is 2.70. The molecule has 0 aliphatic carbocycles. The monoisotopic (exact) mass is 258 g/mol. The van der Waals surface area contributed by atoms with Gasteiger partial charge < -0.3 is 9.15 Å². The van der Waals surface area contributed by atoms with Crippen LogP contribution in [0.2, 0.25) is 0 Å². The summed E-state index contributed by atoms with van der Waals surface area (Å²) >= 11 is 1.35. The average molecular weight is 258 g/mol. The van der Waals surface area contributed by atoms with Gasteiger partial charge in [-0.05, 0) is 23.6 Å². The predicted molar refractivity (Wildman–Crippen MR) is 70.5 cm³/mol. The molecule has 0 unspecified atom stereocenters. The van der Waals surface area contributed by atoms with Crippen LogP contribution in [-0.2, 0) is 0 Å². The van der Waals surface area contributed by atoms with E-state index in [1.165, 1.54) is 11.3 Å². The molecule has 0 atom stereocenters. The first-order chi connectivity index (χ1) is 8.79. The molecule has 18 heavy (non-hydrogen) atoms. The number of benzene rings is 1. The number of para-hydroxylation sites is 1. The first-order valence-electron chi connectivity index (χ1n) is 5.44. The summed E-state index contributed by atoms with van der Waals surface area (Å²) in [5.41, 5.74) is 0.719. The lowest BCUT2D eigenvalue weighted by Crippen LogP contribution is -1.98. The van der Waals surface area contributed by atoms with E-state index in [0.717, 1.165) is 11.0 Å². The summed E-state index contributed by atoms with van der Waals surface area (Å²) in [4.78, 5) is 12.9. The molecule has 0 aliphatic rings. The van der Waals surface area contributed by atoms with Crippen molar-refractivity contribution < 1.29 is 13.9 Å². The van der Waals surface area contributed by atoms with E-state index in [2.05, 4.69) is 0 Å². The molecule has 0 N–H and O–H groups in total. The van der Waals surface area contributed by atoms with Crippen molar-refractivity contribution in [1.82, 2.24) is 0 Å². The number of carbonyl (C=O) groups is 1. The quantitative estimate of drug-likeness (QED) is 0.672. The van der Waals surface area contributed by atoms with Gasteiger partial charge in [0.1, 0.15) is 16.2 Å². The van der Waals surface area contributed by atoms with Gasteiger partial charge in [0, 0.05) is 5.39 Å². The van der Waals surface area contributed by atoms with E-state index in [4.69, 9.17) is 9.15 Å². The lowest BCUT2D eigenvalue weighted by molar-refractivity contribution is 0.101. The molecule has 0 saturated heterocycles. The van der Waals surface area contributed by atoms with E-state index in [1.54, 1.807) is 19.2 Å². The summed E-state index contributed by atoms with van der Waals surface area (Å²) in [6, 6.07) is 11.1. The van der Waals surface area contributed by atoms with Crippen molar-refractivity contribution in [2.75, 3.05) is 7.11 Å². The third kappa shape index (κ3) is 1.71. The standard InChI is InChI=1S/C14H10O3S/c1-16-11-6-7-18-14(11)13(15)12-8-9-4-2-3-5-10(9)17-12/h2-8H,1H3. The molecule has 1 aromatic carbocycles. The molecule has 0 radical (unpaired) electrons. The van der Waals surface area contributed by atoms with Crippen molar-refractivity contribution in [3.63, 3.8) is 0 Å². The Hall–Kier alpha value is -2.07. The van der Waals surface area contributed by atoms with E-state index in [0.29, 0.717) is 16.4 Å². The number of methoxy groups -OCH3 is 1. The van der Waals surface area contributed by atoms with Crippen LogP contribution in [0.25, 0.3) is 11.0 Å². The molecule has 0 spiro atoms. The normalized spacial score (nSPS) is 10.7. The van der Waals surface area contributed by atoms with Gasteiger partial charge in [0.2, 0.25) is 5.78 Å². The van der Waals surface area contributed by atoms with Crippen LogP contribution in [0.1, 0.15) is 15.4 Å². The van der Waals surface area contributed by atoms with Crippen molar-refractivity contribution in [2.24, 2.45) is 0 Å². The van der Waals surface area contributed by atoms with Crippen LogP contribution in [-0.4, -0.2) is 12.9 Å². The van der Waals surface area contributed by atoms with E-state index < -0.39 is 0 Å². The molecule has 0 fully saturated rings. The summed E-state index contributed by atoms with van der Waals surface area (Å²) in [5.74, 6) is 0.792. The minimum Gasteiger partial charge on any atom is -0.495 e. The van der Waals surface area contributed by atoms with Crippen molar-refractivity contribution in [2.45, 2.75) is 0 Å². The second kappa shape index (κ2) is 4.31. The fourth-order valence-corrected chi connectivity index (χ4v) is 2.63. The minimum absolute atomic E-state index is 0.141. The molecule has 3 aromatic rings. The summed E-state index contributed by atoms with van der Waals surface area (Å²) < 4.78 is 10.7. The number of thiophene rings is 1. The topological polar surface area (TPSA) is 39.4 Å². The first kappa shape index (κ1) is 11.0. The number of hydrogen-bond acceptors (Lipinski definition) is 4. The van der Waals surface area contributed by atoms with Gasteiger partial charge in [0.15, 0.2) is 5.76 Å². The highest BCUT2D eigenvalue weighted by molar-refractivity contribution is 7.12. The zero-order valence-electron chi connectivity index (χ0n) is 9.67. The van der Waals surface area contributed by atoms with Gasteiger partial charge in [-0.25, -0.2) is 0 Å². The zero-order valence-corrected chi connectivity index (χ0v) is 10.5. The Balaban J connectivity index is 2.06. The smallest absolute Gasteiger partial charge is 0.241 e. The summed E-state index contributed by atoms with van der Waals surface area (Å²) in [5, 5.41) is 2.76. The molecule has 0 amide bonds. The Morgan fingerprint density at radius 2 is 2.11 bits per heavy atom. The Bertz CT molecular complexity index is 675. The highest BCUT2D eigenvalue weighted by Crippen LogP contribution is 2.29. The number of rotatable bonds is 3. The molecule has 3 nitrogen and oxygen atoms in total. The number of ether oxygens (including phenoxy) is 1. The minimum atomic E-state index is -0.141. The Labute approximate surface area is 108 Å². The predicted octanol–water partition coefficient (Wildman–Crippen LogP) is 3.73. The number of hydrogen-bond donors (Lipinski definition) is 0. The molecule has 2 heterocycles. The van der Waals surface area contributed by atoms with Crippen molar-refractivity contribution in [3.05, 3.63) is 52.4 Å². The molecule has 4 heteroatoms. The van der Waals surface area contributed by atoms with Crippen LogP contribution >= 0.6 is 11.3 Å². The molecular formula is C14H10O3S. The van der Waals surface area contributed by atoms with Crippen LogP contribution in [0.15, 0.2) is 46.2 Å². The van der Waals surface area contributed by atoms with Crippen LogP contribution in [0.4, 0.5) is 0 Å². The van der Waals surface area contributed by atoms with Gasteiger partial charge in [-0.15, -0.1) is 11.3 Å². The van der Waals surface area contributed by atoms with Gasteiger partial charge in [-0.3, -0.25) is 4.79 Å². The first-order valence-corrected chi connectivity index (χ1v) is 6.32. The molecule has 0 bridgehead atoms. The van der Waals surface area contributed by atoms with Gasteiger partial charge in [-0.1, -0.05) is 18.2 Å². The van der Waals surface area contributed by atoms with Crippen LogP contribution in [0.5, 0.6) is 5.75 Å². The Morgan fingerprint density at radius 3 is 2.89 bits per heavy atom. The SMILES string of the molecule is COc1ccsc1C(=O)c1cc2ccccc2o1. The van der Waals surface area contributed by atoms with E-state index in [-0.39, 0.29) is 5.78 Å². The number of ketones is 1. The lowest BCUT2D eigenvalue weighted by atomic mass is 10.2. The summed E-state index contributed by atoms with van der Waals surface area (Å²) in [6.07, 6.45) is 0. The number of fused-ring (bicyclic) bond motifs is 1. The molecular weight excluding hydrogens is 248 g/mol. The van der Waals surface area contributed by atoms with Crippen LogP contribution in [0.3, 0.4) is 0 Å². The number of carbonyl (C=O) groups excluding carboxylic acids is 1. The largest absolute Gasteiger partial charge is 0.495 e. The van der Waals surface area contributed by atoms with Gasteiger partial charge >= 0.3 is 0 Å². The second-order valence-corrected chi connectivity index (χ2v) is 4.71. The van der Waals surface area contributed by atoms with E-state index in [1.807, 2.05) is 29.6 Å². The fourth-order valence-electron chi connectivity index (χ4n) is 1.83. The highest BCUT2D eigenvalue weighted by atomic mass is 32.1. The third-order valence-corrected chi connectivity index (χ3v) is 3.60. The lowest BCUT2D eigenvalue weighted by Gasteiger charge is -1.98. The maximum absolute atomic E-state index is 12.3. The second-order valence-electron chi connectivity index (χ2n) is 3.80. The average Bonchev–Trinajstić information content (AvgIpc) is 3.03. The van der Waals surface area contributed by atoms with Crippen LogP contribution < -0.4 is 4.74 Å². The number of furan rings is 1. The Morgan fingerprint density at radius 1 is 1.28 bits per heavy atom. The fraction of sp³-hybridized carbons (Fsp3) is 0.0714. The van der Waals surface area contributed by atoms with E-state index >= 15 is 0 Å².